The zero-order chi connectivity index (χ0) is 15.6. The van der Waals surface area contributed by atoms with Crippen molar-refractivity contribution in [2.75, 3.05) is 11.9 Å². The van der Waals surface area contributed by atoms with Crippen LogP contribution in [0, 0.1) is 24.4 Å². The van der Waals surface area contributed by atoms with E-state index in [2.05, 4.69) is 15.3 Å². The average molecular weight is 295 g/mol. The fourth-order valence-corrected chi connectivity index (χ4v) is 2.15. The summed E-state index contributed by atoms with van der Waals surface area (Å²) in [5, 5.41) is 3.11. The third kappa shape index (κ3) is 2.99. The standard InChI is InChI=1S/C15H16F3N3/c1-4-10-8(3)20-14(21-15(10)19-5-2)9-6-11(16)13(18)12(17)7-9/h6-7H,4-5H2,1-3H3,(H,19,20,21). The second kappa shape index (κ2) is 6.11. The first-order valence-corrected chi connectivity index (χ1v) is 6.74. The highest BCUT2D eigenvalue weighted by Gasteiger charge is 2.16. The molecule has 0 atom stereocenters. The van der Waals surface area contributed by atoms with Crippen molar-refractivity contribution in [1.82, 2.24) is 9.97 Å². The Morgan fingerprint density at radius 1 is 1.05 bits per heavy atom. The smallest absolute Gasteiger partial charge is 0.194 e. The minimum absolute atomic E-state index is 0.108. The first kappa shape index (κ1) is 15.3. The molecule has 0 saturated heterocycles. The maximum atomic E-state index is 13.3. The number of rotatable bonds is 4. The maximum Gasteiger partial charge on any atom is 0.194 e. The zero-order valence-electron chi connectivity index (χ0n) is 12.1. The Labute approximate surface area is 121 Å². The Hall–Kier alpha value is -2.11. The van der Waals surface area contributed by atoms with Crippen LogP contribution in [-0.4, -0.2) is 16.5 Å². The molecule has 0 amide bonds. The van der Waals surface area contributed by atoms with Gasteiger partial charge in [-0.25, -0.2) is 23.1 Å². The van der Waals surface area contributed by atoms with E-state index >= 15 is 0 Å². The van der Waals surface area contributed by atoms with Gasteiger partial charge in [-0.3, -0.25) is 0 Å². The van der Waals surface area contributed by atoms with Gasteiger partial charge in [-0.05, 0) is 32.4 Å². The van der Waals surface area contributed by atoms with Crippen molar-refractivity contribution < 1.29 is 13.2 Å². The van der Waals surface area contributed by atoms with Crippen molar-refractivity contribution in [1.29, 1.82) is 0 Å². The van der Waals surface area contributed by atoms with Crippen LogP contribution >= 0.6 is 0 Å². The Morgan fingerprint density at radius 2 is 1.67 bits per heavy atom. The summed E-state index contributed by atoms with van der Waals surface area (Å²) in [5.41, 5.74) is 1.78. The summed E-state index contributed by atoms with van der Waals surface area (Å²) in [5.74, 6) is -3.20. The Balaban J connectivity index is 2.59. The lowest BCUT2D eigenvalue weighted by atomic mass is 10.1. The molecule has 0 spiro atoms. The van der Waals surface area contributed by atoms with Gasteiger partial charge in [0.1, 0.15) is 5.82 Å². The number of anilines is 1. The molecule has 1 aromatic heterocycles. The SMILES string of the molecule is CCNc1nc(-c2cc(F)c(F)c(F)c2)nc(C)c1CC. The van der Waals surface area contributed by atoms with Gasteiger partial charge in [0.05, 0.1) is 0 Å². The average Bonchev–Trinajstić information content (AvgIpc) is 2.44. The van der Waals surface area contributed by atoms with E-state index in [-0.39, 0.29) is 11.4 Å². The molecule has 0 aliphatic heterocycles. The third-order valence-electron chi connectivity index (χ3n) is 3.15. The molecule has 21 heavy (non-hydrogen) atoms. The van der Waals surface area contributed by atoms with Crippen LogP contribution in [0.25, 0.3) is 11.4 Å². The topological polar surface area (TPSA) is 37.8 Å². The molecule has 2 rings (SSSR count). The van der Waals surface area contributed by atoms with Crippen molar-refractivity contribution in [2.45, 2.75) is 27.2 Å². The second-order valence-corrected chi connectivity index (χ2v) is 4.60. The molecule has 0 aliphatic rings. The summed E-state index contributed by atoms with van der Waals surface area (Å²) >= 11 is 0. The number of nitrogens with zero attached hydrogens (tertiary/aromatic N) is 2. The zero-order valence-corrected chi connectivity index (χ0v) is 12.1. The first-order chi connectivity index (χ1) is 9.97. The minimum Gasteiger partial charge on any atom is -0.370 e. The lowest BCUT2D eigenvalue weighted by molar-refractivity contribution is 0.447. The van der Waals surface area contributed by atoms with E-state index in [1.165, 1.54) is 0 Å². The molecule has 0 fully saturated rings. The monoisotopic (exact) mass is 295 g/mol. The van der Waals surface area contributed by atoms with Gasteiger partial charge in [-0.2, -0.15) is 0 Å². The molecule has 1 aromatic carbocycles. The van der Waals surface area contributed by atoms with E-state index in [4.69, 9.17) is 0 Å². The molecule has 2 aromatic rings. The van der Waals surface area contributed by atoms with Gasteiger partial charge in [0.2, 0.25) is 0 Å². The molecular formula is C15H16F3N3. The number of aryl methyl sites for hydroxylation is 1. The van der Waals surface area contributed by atoms with Gasteiger partial charge in [-0.15, -0.1) is 0 Å². The number of aromatic nitrogens is 2. The van der Waals surface area contributed by atoms with Crippen LogP contribution in [0.15, 0.2) is 12.1 Å². The maximum absolute atomic E-state index is 13.3. The molecule has 0 bridgehead atoms. The lowest BCUT2D eigenvalue weighted by Crippen LogP contribution is -2.08. The van der Waals surface area contributed by atoms with Gasteiger partial charge in [-0.1, -0.05) is 6.92 Å². The Bertz CT molecular complexity index is 648. The van der Waals surface area contributed by atoms with Gasteiger partial charge in [0, 0.05) is 23.4 Å². The van der Waals surface area contributed by atoms with Crippen LogP contribution < -0.4 is 5.32 Å². The lowest BCUT2D eigenvalue weighted by Gasteiger charge is -2.13. The quantitative estimate of drug-likeness (QED) is 0.870. The summed E-state index contributed by atoms with van der Waals surface area (Å²) in [7, 11) is 0. The molecule has 1 heterocycles. The van der Waals surface area contributed by atoms with Crippen LogP contribution in [0.3, 0.4) is 0 Å². The molecule has 1 N–H and O–H groups in total. The number of hydrogen-bond donors (Lipinski definition) is 1. The van der Waals surface area contributed by atoms with Crippen LogP contribution in [0.4, 0.5) is 19.0 Å². The highest BCUT2D eigenvalue weighted by Crippen LogP contribution is 2.25. The molecule has 0 aliphatic carbocycles. The van der Waals surface area contributed by atoms with Gasteiger partial charge < -0.3 is 5.32 Å². The number of halogens is 3. The fourth-order valence-electron chi connectivity index (χ4n) is 2.15. The molecule has 3 nitrogen and oxygen atoms in total. The molecular weight excluding hydrogens is 279 g/mol. The van der Waals surface area contributed by atoms with Crippen molar-refractivity contribution in [3.05, 3.63) is 40.8 Å². The molecule has 6 heteroatoms. The van der Waals surface area contributed by atoms with Gasteiger partial charge in [0.15, 0.2) is 23.3 Å². The predicted octanol–water partition coefficient (Wildman–Crippen LogP) is 3.86. The summed E-state index contributed by atoms with van der Waals surface area (Å²) < 4.78 is 39.7. The predicted molar refractivity (Wildman–Crippen MR) is 75.6 cm³/mol. The normalized spacial score (nSPS) is 10.8. The number of nitrogens with one attached hydrogen (secondary N) is 1. The Kier molecular flexibility index (Phi) is 4.45. The summed E-state index contributed by atoms with van der Waals surface area (Å²) in [6.07, 6.45) is 0.737. The van der Waals surface area contributed by atoms with E-state index in [9.17, 15) is 13.2 Å². The third-order valence-corrected chi connectivity index (χ3v) is 3.15. The van der Waals surface area contributed by atoms with Crippen LogP contribution in [-0.2, 0) is 6.42 Å². The molecule has 112 valence electrons. The van der Waals surface area contributed by atoms with Crippen LogP contribution in [0.5, 0.6) is 0 Å². The largest absolute Gasteiger partial charge is 0.370 e. The highest BCUT2D eigenvalue weighted by molar-refractivity contribution is 5.60. The van der Waals surface area contributed by atoms with Crippen molar-refractivity contribution in [2.24, 2.45) is 0 Å². The highest BCUT2D eigenvalue weighted by atomic mass is 19.2. The molecule has 0 saturated carbocycles. The van der Waals surface area contributed by atoms with Crippen LogP contribution in [0.2, 0.25) is 0 Å². The first-order valence-electron chi connectivity index (χ1n) is 6.74. The van der Waals surface area contributed by atoms with Gasteiger partial charge >= 0.3 is 0 Å². The molecule has 0 radical (unpaired) electrons. The minimum atomic E-state index is -1.49. The van der Waals surface area contributed by atoms with Crippen molar-refractivity contribution >= 4 is 5.82 Å². The Morgan fingerprint density at radius 3 is 2.19 bits per heavy atom. The van der Waals surface area contributed by atoms with E-state index in [0.717, 1.165) is 29.8 Å². The van der Waals surface area contributed by atoms with E-state index in [1.54, 1.807) is 6.92 Å². The summed E-state index contributed by atoms with van der Waals surface area (Å²) in [6.45, 7) is 6.37. The molecule has 0 unspecified atom stereocenters. The summed E-state index contributed by atoms with van der Waals surface area (Å²) in [6, 6.07) is 1.79. The van der Waals surface area contributed by atoms with Crippen molar-refractivity contribution in [3.8, 4) is 11.4 Å². The number of benzene rings is 1. The van der Waals surface area contributed by atoms with E-state index < -0.39 is 17.5 Å². The van der Waals surface area contributed by atoms with Crippen molar-refractivity contribution in [3.63, 3.8) is 0 Å². The van der Waals surface area contributed by atoms with E-state index in [1.807, 2.05) is 13.8 Å². The summed E-state index contributed by atoms with van der Waals surface area (Å²) in [4.78, 5) is 8.56. The van der Waals surface area contributed by atoms with Gasteiger partial charge in [0.25, 0.3) is 0 Å². The second-order valence-electron chi connectivity index (χ2n) is 4.60. The fraction of sp³-hybridized carbons (Fsp3) is 0.333. The van der Waals surface area contributed by atoms with E-state index in [0.29, 0.717) is 12.4 Å². The van der Waals surface area contributed by atoms with Crippen LogP contribution in [0.1, 0.15) is 25.1 Å². The number of hydrogen-bond acceptors (Lipinski definition) is 3.